The number of anilines is 1. The molecule has 0 bridgehead atoms. The maximum atomic E-state index is 10.3. The van der Waals surface area contributed by atoms with Crippen molar-refractivity contribution in [3.8, 4) is 11.5 Å². The maximum Gasteiger partial charge on any atom is 0.126 e. The van der Waals surface area contributed by atoms with E-state index < -0.39 is 6.10 Å². The molecule has 6 heteroatoms. The summed E-state index contributed by atoms with van der Waals surface area (Å²) < 4.78 is 16.7. The first-order valence-electron chi connectivity index (χ1n) is 10.7. The number of benzene rings is 2. The Labute approximate surface area is 180 Å². The van der Waals surface area contributed by atoms with Crippen LogP contribution in [0.5, 0.6) is 11.5 Å². The largest absolute Gasteiger partial charge is 0.497 e. The second kappa shape index (κ2) is 11.2. The highest BCUT2D eigenvalue weighted by Crippen LogP contribution is 2.22. The second-order valence-electron chi connectivity index (χ2n) is 7.94. The summed E-state index contributed by atoms with van der Waals surface area (Å²) in [4.78, 5) is 3.80. The number of aliphatic hydroxyl groups excluding tert-OH is 1. The van der Waals surface area contributed by atoms with Gasteiger partial charge in [0.2, 0.25) is 0 Å². The molecule has 0 radical (unpaired) electrons. The van der Waals surface area contributed by atoms with Crippen LogP contribution in [-0.4, -0.2) is 70.9 Å². The van der Waals surface area contributed by atoms with Gasteiger partial charge in [0.25, 0.3) is 0 Å². The first-order chi connectivity index (χ1) is 14.6. The molecule has 0 aromatic heterocycles. The van der Waals surface area contributed by atoms with Crippen molar-refractivity contribution in [1.29, 1.82) is 0 Å². The number of piperazine rings is 1. The van der Waals surface area contributed by atoms with Crippen LogP contribution in [0.1, 0.15) is 11.1 Å². The van der Waals surface area contributed by atoms with Crippen molar-refractivity contribution in [2.45, 2.75) is 20.0 Å². The predicted octanol–water partition coefficient (Wildman–Crippen LogP) is 1.47. The molecular weight excluding hydrogens is 380 g/mol. The number of nitrogens with zero attached hydrogens (tertiary/aromatic N) is 1. The first kappa shape index (κ1) is 22.4. The molecule has 164 valence electrons. The molecule has 2 aromatic rings. The van der Waals surface area contributed by atoms with Gasteiger partial charge in [-0.15, -0.1) is 0 Å². The average molecular weight is 416 g/mol. The molecule has 2 aromatic carbocycles. The number of quaternary nitrogens is 1. The third kappa shape index (κ3) is 6.36. The minimum absolute atomic E-state index is 0.349. The van der Waals surface area contributed by atoms with Crippen molar-refractivity contribution in [3.63, 3.8) is 0 Å². The van der Waals surface area contributed by atoms with Crippen LogP contribution in [0.25, 0.3) is 0 Å². The van der Waals surface area contributed by atoms with Crippen LogP contribution in [0.4, 0.5) is 5.69 Å². The zero-order chi connectivity index (χ0) is 21.3. The first-order valence-corrected chi connectivity index (χ1v) is 10.7. The van der Waals surface area contributed by atoms with Gasteiger partial charge in [-0.2, -0.15) is 0 Å². The molecule has 0 saturated carbocycles. The molecule has 0 spiro atoms. The smallest absolute Gasteiger partial charge is 0.126 e. The van der Waals surface area contributed by atoms with Crippen molar-refractivity contribution < 1.29 is 24.2 Å². The Bertz CT molecular complexity index is 753. The Hall–Kier alpha value is -2.28. The summed E-state index contributed by atoms with van der Waals surface area (Å²) >= 11 is 0. The molecule has 1 aliphatic heterocycles. The summed E-state index contributed by atoms with van der Waals surface area (Å²) in [7, 11) is 1.68. The van der Waals surface area contributed by atoms with Gasteiger partial charge in [-0.3, -0.25) is 0 Å². The monoisotopic (exact) mass is 415 g/mol. The highest BCUT2D eigenvalue weighted by atomic mass is 16.5. The van der Waals surface area contributed by atoms with Crippen LogP contribution in [-0.2, 0) is 4.74 Å². The van der Waals surface area contributed by atoms with Gasteiger partial charge in [0, 0.05) is 5.69 Å². The van der Waals surface area contributed by atoms with Gasteiger partial charge in [-0.1, -0.05) is 18.2 Å². The van der Waals surface area contributed by atoms with E-state index in [1.807, 2.05) is 44.2 Å². The van der Waals surface area contributed by atoms with E-state index in [1.54, 1.807) is 7.11 Å². The zero-order valence-electron chi connectivity index (χ0n) is 18.4. The molecule has 1 fully saturated rings. The molecule has 0 aliphatic carbocycles. The van der Waals surface area contributed by atoms with Gasteiger partial charge in [0.05, 0.1) is 46.5 Å². The molecule has 1 aliphatic rings. The van der Waals surface area contributed by atoms with E-state index in [1.165, 1.54) is 10.6 Å². The number of ether oxygens (including phenoxy) is 3. The van der Waals surface area contributed by atoms with E-state index in [2.05, 4.69) is 17.0 Å². The number of rotatable bonds is 10. The SMILES string of the molecule is COc1ccc(N2CC[NH+](C[C@@H](O)COCCOc3c(C)cccc3C)CC2)cc1. The third-order valence-corrected chi connectivity index (χ3v) is 5.63. The van der Waals surface area contributed by atoms with Crippen LogP contribution < -0.4 is 19.3 Å². The van der Waals surface area contributed by atoms with Crippen LogP contribution in [0, 0.1) is 13.8 Å². The van der Waals surface area contributed by atoms with Crippen molar-refractivity contribution in [1.82, 2.24) is 0 Å². The number of hydrogen-bond donors (Lipinski definition) is 2. The zero-order valence-corrected chi connectivity index (χ0v) is 18.4. The molecule has 1 atom stereocenters. The van der Waals surface area contributed by atoms with Gasteiger partial charge in [0.1, 0.15) is 30.8 Å². The van der Waals surface area contributed by atoms with Crippen LogP contribution in [0.15, 0.2) is 42.5 Å². The quantitative estimate of drug-likeness (QED) is 0.576. The van der Waals surface area contributed by atoms with E-state index in [-0.39, 0.29) is 0 Å². The number of aryl methyl sites for hydroxylation is 2. The Morgan fingerprint density at radius 3 is 2.30 bits per heavy atom. The highest BCUT2D eigenvalue weighted by Gasteiger charge is 2.22. The number of methoxy groups -OCH3 is 1. The predicted molar refractivity (Wildman–Crippen MR) is 119 cm³/mol. The van der Waals surface area contributed by atoms with Crippen molar-refractivity contribution >= 4 is 5.69 Å². The lowest BCUT2D eigenvalue weighted by molar-refractivity contribution is -0.903. The van der Waals surface area contributed by atoms with Crippen molar-refractivity contribution in [3.05, 3.63) is 53.6 Å². The fourth-order valence-corrected chi connectivity index (χ4v) is 3.92. The summed E-state index contributed by atoms with van der Waals surface area (Å²) in [6.45, 7) is 10.1. The van der Waals surface area contributed by atoms with E-state index in [0.29, 0.717) is 26.4 Å². The topological polar surface area (TPSA) is 55.6 Å². The lowest BCUT2D eigenvalue weighted by Crippen LogP contribution is -3.16. The third-order valence-electron chi connectivity index (χ3n) is 5.63. The average Bonchev–Trinajstić information content (AvgIpc) is 2.76. The van der Waals surface area contributed by atoms with Crippen molar-refractivity contribution in [2.24, 2.45) is 0 Å². The molecule has 2 N–H and O–H groups in total. The van der Waals surface area contributed by atoms with Crippen LogP contribution in [0.3, 0.4) is 0 Å². The molecule has 1 heterocycles. The van der Waals surface area contributed by atoms with E-state index in [4.69, 9.17) is 14.2 Å². The van der Waals surface area contributed by atoms with Crippen molar-refractivity contribution in [2.75, 3.05) is 64.6 Å². The molecule has 30 heavy (non-hydrogen) atoms. The molecule has 1 saturated heterocycles. The normalized spacial score (nSPS) is 15.8. The van der Waals surface area contributed by atoms with Gasteiger partial charge in [-0.05, 0) is 49.2 Å². The summed E-state index contributed by atoms with van der Waals surface area (Å²) in [6, 6.07) is 14.3. The Kier molecular flexibility index (Phi) is 8.37. The number of aliphatic hydroxyl groups is 1. The number of nitrogens with one attached hydrogen (secondary N) is 1. The molecule has 6 nitrogen and oxygen atoms in total. The number of para-hydroxylation sites is 1. The summed E-state index contributed by atoms with van der Waals surface area (Å²) in [6.07, 6.45) is -0.451. The molecule has 0 amide bonds. The lowest BCUT2D eigenvalue weighted by Gasteiger charge is -2.34. The highest BCUT2D eigenvalue weighted by molar-refractivity contribution is 5.49. The fourth-order valence-electron chi connectivity index (χ4n) is 3.92. The van der Waals surface area contributed by atoms with Gasteiger partial charge in [-0.25, -0.2) is 0 Å². The van der Waals surface area contributed by atoms with E-state index in [9.17, 15) is 5.11 Å². The lowest BCUT2D eigenvalue weighted by atomic mass is 10.1. The van der Waals surface area contributed by atoms with Crippen LogP contribution >= 0.6 is 0 Å². The fraction of sp³-hybridized carbons (Fsp3) is 0.500. The van der Waals surface area contributed by atoms with Gasteiger partial charge >= 0.3 is 0 Å². The van der Waals surface area contributed by atoms with Crippen LogP contribution in [0.2, 0.25) is 0 Å². The Balaban J connectivity index is 1.30. The number of hydrogen-bond acceptors (Lipinski definition) is 5. The summed E-state index contributed by atoms with van der Waals surface area (Å²) in [5, 5.41) is 10.3. The van der Waals surface area contributed by atoms with Gasteiger partial charge < -0.3 is 29.1 Å². The Morgan fingerprint density at radius 2 is 1.67 bits per heavy atom. The minimum Gasteiger partial charge on any atom is -0.497 e. The maximum absolute atomic E-state index is 10.3. The van der Waals surface area contributed by atoms with E-state index >= 15 is 0 Å². The minimum atomic E-state index is -0.451. The summed E-state index contributed by atoms with van der Waals surface area (Å²) in [5.41, 5.74) is 3.49. The molecule has 3 rings (SSSR count). The standard InChI is InChI=1S/C24H34N2O4/c1-19-5-4-6-20(2)24(19)30-16-15-29-18-22(27)17-25-11-13-26(14-12-25)21-7-9-23(28-3)10-8-21/h4-10,22,27H,11-18H2,1-3H3/p+1/t22-/m1/s1. The molecular formula is C24H35N2O4+. The Morgan fingerprint density at radius 1 is 1.00 bits per heavy atom. The molecule has 0 unspecified atom stereocenters. The van der Waals surface area contributed by atoms with Gasteiger partial charge in [0.15, 0.2) is 0 Å². The second-order valence-corrected chi connectivity index (χ2v) is 7.94. The van der Waals surface area contributed by atoms with E-state index in [0.717, 1.165) is 48.8 Å². The summed E-state index contributed by atoms with van der Waals surface area (Å²) in [5.74, 6) is 1.81.